The Kier molecular flexibility index (Phi) is 18.2. The fourth-order valence-corrected chi connectivity index (χ4v) is 13.9. The van der Waals surface area contributed by atoms with Crippen molar-refractivity contribution >= 4 is 15.5 Å². The minimum absolute atomic E-state index is 0. The van der Waals surface area contributed by atoms with Gasteiger partial charge in [0.2, 0.25) is 0 Å². The molecule has 0 atom stereocenters. The molecule has 0 heterocycles. The second-order valence-corrected chi connectivity index (χ2v) is 12.9. The number of rotatable bonds is 17. The molecular formula is C20H51BrN6OP2. The summed E-state index contributed by atoms with van der Waals surface area (Å²) >= 11 is 0. The van der Waals surface area contributed by atoms with Crippen LogP contribution in [0.25, 0.3) is 0 Å². The van der Waals surface area contributed by atoms with E-state index >= 15 is 4.57 Å². The Bertz CT molecular complexity index is 444. The fraction of sp³-hybridized carbons (Fsp3) is 1.00. The average Bonchev–Trinajstić information content (AvgIpc) is 2.72. The number of nitrogens with zero attached hydrogens (tertiary/aromatic N) is 5. The SMILES string of the molecule is CCN[P+](N(CC)CC)(N(CC)CC)N(CC)P(=O)(N(CC)CC)N(CC)CC.[Br-]. The van der Waals surface area contributed by atoms with E-state index in [0.29, 0.717) is 0 Å². The van der Waals surface area contributed by atoms with Crippen molar-refractivity contribution < 1.29 is 21.5 Å². The first kappa shape index (κ1) is 33.1. The van der Waals surface area contributed by atoms with Crippen LogP contribution in [-0.2, 0) is 4.57 Å². The molecule has 0 aromatic rings. The van der Waals surface area contributed by atoms with E-state index in [4.69, 9.17) is 0 Å². The van der Waals surface area contributed by atoms with Gasteiger partial charge in [-0.1, -0.05) is 32.1 Å². The minimum Gasteiger partial charge on any atom is -1.00 e. The van der Waals surface area contributed by atoms with Crippen molar-refractivity contribution in [2.75, 3.05) is 65.4 Å². The third-order valence-corrected chi connectivity index (χ3v) is 15.0. The van der Waals surface area contributed by atoms with Crippen LogP contribution in [0.1, 0.15) is 69.2 Å². The summed E-state index contributed by atoms with van der Waals surface area (Å²) in [5.74, 6) is 0. The van der Waals surface area contributed by atoms with Crippen molar-refractivity contribution in [3.05, 3.63) is 0 Å². The van der Waals surface area contributed by atoms with E-state index in [1.165, 1.54) is 0 Å². The maximum atomic E-state index is 15.2. The van der Waals surface area contributed by atoms with E-state index in [1.54, 1.807) is 0 Å². The highest BCUT2D eigenvalue weighted by Crippen LogP contribution is 2.76. The normalized spacial score (nSPS) is 13.2. The van der Waals surface area contributed by atoms with Gasteiger partial charge in [-0.25, -0.2) is 9.34 Å². The first-order chi connectivity index (χ1) is 13.8. The lowest BCUT2D eigenvalue weighted by molar-refractivity contribution is -0.00000972. The molecule has 10 heteroatoms. The molecule has 30 heavy (non-hydrogen) atoms. The topological polar surface area (TPSA) is 45.3 Å². The second-order valence-electron chi connectivity index (χ2n) is 6.84. The molecule has 0 aromatic heterocycles. The van der Waals surface area contributed by atoms with Gasteiger partial charge in [0.1, 0.15) is 0 Å². The first-order valence-electron chi connectivity index (χ1n) is 11.9. The van der Waals surface area contributed by atoms with Crippen LogP contribution in [0.15, 0.2) is 0 Å². The predicted octanol–water partition coefficient (Wildman–Crippen LogP) is 2.07. The average molecular weight is 534 g/mol. The molecule has 184 valence electrons. The molecule has 0 amide bonds. The fourth-order valence-electron chi connectivity index (χ4n) is 4.40. The Balaban J connectivity index is 0. The van der Waals surface area contributed by atoms with E-state index in [9.17, 15) is 0 Å². The van der Waals surface area contributed by atoms with Crippen molar-refractivity contribution in [3.8, 4) is 0 Å². The van der Waals surface area contributed by atoms with Gasteiger partial charge in [0, 0.05) is 65.4 Å². The molecule has 0 aliphatic rings. The van der Waals surface area contributed by atoms with Gasteiger partial charge in [-0.05, 0) is 41.5 Å². The zero-order valence-electron chi connectivity index (χ0n) is 21.5. The zero-order valence-corrected chi connectivity index (χ0v) is 24.9. The monoisotopic (exact) mass is 532 g/mol. The van der Waals surface area contributed by atoms with Crippen LogP contribution >= 0.6 is 15.5 Å². The quantitative estimate of drug-likeness (QED) is 0.288. The van der Waals surface area contributed by atoms with Crippen LogP contribution in [-0.4, -0.2) is 88.6 Å². The van der Waals surface area contributed by atoms with E-state index < -0.39 is 15.5 Å². The lowest BCUT2D eigenvalue weighted by Crippen LogP contribution is -3.00. The molecule has 0 saturated heterocycles. The largest absolute Gasteiger partial charge is 1.00 e. The summed E-state index contributed by atoms with van der Waals surface area (Å²) in [7, 11) is -5.16. The molecule has 0 aromatic carbocycles. The van der Waals surface area contributed by atoms with E-state index in [-0.39, 0.29) is 17.0 Å². The van der Waals surface area contributed by atoms with Crippen LogP contribution in [0.4, 0.5) is 0 Å². The van der Waals surface area contributed by atoms with Crippen molar-refractivity contribution in [3.63, 3.8) is 0 Å². The van der Waals surface area contributed by atoms with Crippen LogP contribution in [0.3, 0.4) is 0 Å². The van der Waals surface area contributed by atoms with Crippen LogP contribution in [0, 0.1) is 0 Å². The number of hydrogen-bond donors (Lipinski definition) is 1. The Labute approximate surface area is 199 Å². The van der Waals surface area contributed by atoms with Gasteiger partial charge in [0.25, 0.3) is 0 Å². The first-order valence-corrected chi connectivity index (χ1v) is 15.1. The number of nitrogens with one attached hydrogen (secondary N) is 1. The molecule has 0 radical (unpaired) electrons. The molecule has 7 nitrogen and oxygen atoms in total. The smallest absolute Gasteiger partial charge is 0.321 e. The molecule has 0 spiro atoms. The summed E-state index contributed by atoms with van der Waals surface area (Å²) in [6.45, 7) is 30.3. The van der Waals surface area contributed by atoms with Gasteiger partial charge >= 0.3 is 15.5 Å². The second kappa shape index (κ2) is 16.5. The standard InChI is InChI=1S/C20H51N6OP2.BrH/c1-11-21-28(22(12-2)13-3,23(14-4)15-5)26(20-10)29(27,24(16-6)17-7)25(18-8)19-9;/h21H,11-20H2,1-10H3;1H/q+1;/p-1. The molecule has 0 aliphatic heterocycles. The van der Waals surface area contributed by atoms with Gasteiger partial charge < -0.3 is 17.0 Å². The summed E-state index contributed by atoms with van der Waals surface area (Å²) in [6.07, 6.45) is 0. The van der Waals surface area contributed by atoms with E-state index in [0.717, 1.165) is 65.4 Å². The van der Waals surface area contributed by atoms with Crippen LogP contribution in [0.5, 0.6) is 0 Å². The van der Waals surface area contributed by atoms with Crippen molar-refractivity contribution in [1.82, 2.24) is 28.2 Å². The summed E-state index contributed by atoms with van der Waals surface area (Å²) in [5.41, 5.74) is 0. The third-order valence-electron chi connectivity index (χ3n) is 5.72. The molecule has 1 N–H and O–H groups in total. The van der Waals surface area contributed by atoms with Gasteiger partial charge in [-0.2, -0.15) is 0 Å². The van der Waals surface area contributed by atoms with Crippen LogP contribution < -0.4 is 22.1 Å². The van der Waals surface area contributed by atoms with E-state index in [1.807, 2.05) is 0 Å². The lowest BCUT2D eigenvalue weighted by atomic mass is 10.7. The summed E-state index contributed by atoms with van der Waals surface area (Å²) in [6, 6.07) is 0. The zero-order chi connectivity index (χ0) is 22.7. The minimum atomic E-state index is -2.96. The summed E-state index contributed by atoms with van der Waals surface area (Å²) in [4.78, 5) is 0. The summed E-state index contributed by atoms with van der Waals surface area (Å²) < 4.78 is 27.1. The maximum Gasteiger partial charge on any atom is 0.321 e. The Hall–Kier alpha value is 0.900. The number of halogens is 1. The predicted molar refractivity (Wildman–Crippen MR) is 132 cm³/mol. The Morgan fingerprint density at radius 2 is 0.933 bits per heavy atom. The maximum absolute atomic E-state index is 15.2. The van der Waals surface area contributed by atoms with Gasteiger partial charge in [-0.15, -0.1) is 14.4 Å². The van der Waals surface area contributed by atoms with E-state index in [2.05, 4.69) is 97.4 Å². The lowest BCUT2D eigenvalue weighted by Gasteiger charge is -2.51. The van der Waals surface area contributed by atoms with Gasteiger partial charge in [0.15, 0.2) is 0 Å². The number of hydrogen-bond acceptors (Lipinski definition) is 4. The Morgan fingerprint density at radius 1 is 0.600 bits per heavy atom. The molecule has 0 bridgehead atoms. The van der Waals surface area contributed by atoms with Crippen molar-refractivity contribution in [1.29, 1.82) is 0 Å². The van der Waals surface area contributed by atoms with Crippen molar-refractivity contribution in [2.45, 2.75) is 69.2 Å². The van der Waals surface area contributed by atoms with Gasteiger partial charge in [-0.3, -0.25) is 4.57 Å². The van der Waals surface area contributed by atoms with Crippen LogP contribution in [0.2, 0.25) is 0 Å². The highest BCUT2D eigenvalue weighted by atomic mass is 79.9. The Morgan fingerprint density at radius 3 is 1.13 bits per heavy atom. The molecule has 0 aliphatic carbocycles. The molecule has 0 unspecified atom stereocenters. The molecule has 0 fully saturated rings. The highest BCUT2D eigenvalue weighted by Gasteiger charge is 2.63. The summed E-state index contributed by atoms with van der Waals surface area (Å²) in [5, 5.41) is 3.93. The molecule has 0 saturated carbocycles. The molecular weight excluding hydrogens is 482 g/mol. The van der Waals surface area contributed by atoms with Crippen molar-refractivity contribution in [2.24, 2.45) is 0 Å². The van der Waals surface area contributed by atoms with Gasteiger partial charge in [0.05, 0.1) is 0 Å². The highest BCUT2D eigenvalue weighted by molar-refractivity contribution is 7.77. The third kappa shape index (κ3) is 6.48. The molecule has 0 rings (SSSR count).